The van der Waals surface area contributed by atoms with E-state index >= 15 is 0 Å². The molecule has 1 fully saturated rings. The Morgan fingerprint density at radius 3 is 2.41 bits per heavy atom. The molecule has 0 aromatic heterocycles. The summed E-state index contributed by atoms with van der Waals surface area (Å²) in [5.74, 6) is 0.642. The molecule has 0 amide bonds. The van der Waals surface area contributed by atoms with Gasteiger partial charge in [-0.15, -0.1) is 0 Å². The van der Waals surface area contributed by atoms with Crippen molar-refractivity contribution in [1.29, 1.82) is 0 Å². The molecule has 17 heavy (non-hydrogen) atoms. The molecule has 1 aliphatic rings. The standard InChI is InChI=1S/C16H19N/c1-16(2)10-14(16)15(17)13-8-7-11-5-3-4-6-12(11)9-13/h3-9,14-15H,10,17H2,1-2H3. The molecule has 2 aromatic rings. The third-order valence-electron chi connectivity index (χ3n) is 4.18. The molecule has 2 aromatic carbocycles. The van der Waals surface area contributed by atoms with Crippen LogP contribution in [0.15, 0.2) is 42.5 Å². The van der Waals surface area contributed by atoms with Gasteiger partial charge in [0, 0.05) is 6.04 Å². The number of benzene rings is 2. The van der Waals surface area contributed by atoms with E-state index in [4.69, 9.17) is 5.73 Å². The Kier molecular flexibility index (Phi) is 2.27. The first-order valence-corrected chi connectivity index (χ1v) is 6.32. The zero-order valence-corrected chi connectivity index (χ0v) is 10.5. The van der Waals surface area contributed by atoms with Gasteiger partial charge in [0.2, 0.25) is 0 Å². The number of hydrogen-bond acceptors (Lipinski definition) is 1. The van der Waals surface area contributed by atoms with E-state index in [1.807, 2.05) is 0 Å². The molecule has 0 bridgehead atoms. The summed E-state index contributed by atoms with van der Waals surface area (Å²) in [5.41, 5.74) is 8.08. The average molecular weight is 225 g/mol. The quantitative estimate of drug-likeness (QED) is 0.824. The second-order valence-corrected chi connectivity index (χ2v) is 5.93. The highest BCUT2D eigenvalue weighted by Gasteiger charge is 2.49. The zero-order chi connectivity index (χ0) is 12.0. The molecule has 1 saturated carbocycles. The highest BCUT2D eigenvalue weighted by molar-refractivity contribution is 5.83. The highest BCUT2D eigenvalue weighted by Crippen LogP contribution is 2.57. The van der Waals surface area contributed by atoms with E-state index in [0.29, 0.717) is 11.3 Å². The van der Waals surface area contributed by atoms with Gasteiger partial charge >= 0.3 is 0 Å². The molecule has 2 unspecified atom stereocenters. The van der Waals surface area contributed by atoms with Crippen LogP contribution in [0.3, 0.4) is 0 Å². The molecule has 0 heterocycles. The number of hydrogen-bond donors (Lipinski definition) is 1. The van der Waals surface area contributed by atoms with E-state index in [1.54, 1.807) is 0 Å². The first-order valence-electron chi connectivity index (χ1n) is 6.32. The van der Waals surface area contributed by atoms with Crippen LogP contribution in [0.25, 0.3) is 10.8 Å². The molecular weight excluding hydrogens is 206 g/mol. The van der Waals surface area contributed by atoms with Gasteiger partial charge in [0.25, 0.3) is 0 Å². The summed E-state index contributed by atoms with van der Waals surface area (Å²) in [6.07, 6.45) is 1.25. The van der Waals surface area contributed by atoms with E-state index in [9.17, 15) is 0 Å². The summed E-state index contributed by atoms with van der Waals surface area (Å²) in [6.45, 7) is 4.61. The Morgan fingerprint density at radius 1 is 1.12 bits per heavy atom. The van der Waals surface area contributed by atoms with Crippen LogP contribution >= 0.6 is 0 Å². The van der Waals surface area contributed by atoms with Gasteiger partial charge in [0.15, 0.2) is 0 Å². The second kappa shape index (κ2) is 3.58. The maximum atomic E-state index is 6.37. The van der Waals surface area contributed by atoms with Gasteiger partial charge in [-0.25, -0.2) is 0 Å². The van der Waals surface area contributed by atoms with E-state index in [-0.39, 0.29) is 6.04 Å². The Morgan fingerprint density at radius 2 is 1.76 bits per heavy atom. The average Bonchev–Trinajstić information content (AvgIpc) is 2.97. The van der Waals surface area contributed by atoms with Crippen molar-refractivity contribution in [3.63, 3.8) is 0 Å². The molecule has 0 spiro atoms. The lowest BCUT2D eigenvalue weighted by molar-refractivity contribution is 0.492. The van der Waals surface area contributed by atoms with Gasteiger partial charge in [-0.2, -0.15) is 0 Å². The fourth-order valence-corrected chi connectivity index (χ4v) is 2.77. The zero-order valence-electron chi connectivity index (χ0n) is 10.5. The maximum Gasteiger partial charge on any atom is 0.0329 e. The molecule has 3 rings (SSSR count). The molecular formula is C16H19N. The lowest BCUT2D eigenvalue weighted by Crippen LogP contribution is -2.15. The van der Waals surface area contributed by atoms with Crippen molar-refractivity contribution in [2.24, 2.45) is 17.1 Å². The molecule has 88 valence electrons. The smallest absolute Gasteiger partial charge is 0.0329 e. The second-order valence-electron chi connectivity index (χ2n) is 5.93. The van der Waals surface area contributed by atoms with Crippen LogP contribution in [-0.2, 0) is 0 Å². The van der Waals surface area contributed by atoms with Gasteiger partial charge in [-0.05, 0) is 40.2 Å². The minimum absolute atomic E-state index is 0.189. The summed E-state index contributed by atoms with van der Waals surface area (Å²) < 4.78 is 0. The van der Waals surface area contributed by atoms with E-state index in [2.05, 4.69) is 56.3 Å². The van der Waals surface area contributed by atoms with Gasteiger partial charge in [0.1, 0.15) is 0 Å². The van der Waals surface area contributed by atoms with E-state index < -0.39 is 0 Å². The predicted octanol–water partition coefficient (Wildman–Crippen LogP) is 3.89. The topological polar surface area (TPSA) is 26.0 Å². The fourth-order valence-electron chi connectivity index (χ4n) is 2.77. The number of nitrogens with two attached hydrogens (primary N) is 1. The van der Waals surface area contributed by atoms with Crippen LogP contribution in [0.4, 0.5) is 0 Å². The van der Waals surface area contributed by atoms with Crippen molar-refractivity contribution in [2.45, 2.75) is 26.3 Å². The monoisotopic (exact) mass is 225 g/mol. The number of fused-ring (bicyclic) bond motifs is 1. The van der Waals surface area contributed by atoms with Gasteiger partial charge in [-0.1, -0.05) is 50.2 Å². The molecule has 1 nitrogen and oxygen atoms in total. The molecule has 0 radical (unpaired) electrons. The van der Waals surface area contributed by atoms with E-state index in [1.165, 1.54) is 22.8 Å². The molecule has 0 aliphatic heterocycles. The third kappa shape index (κ3) is 1.85. The Labute approximate surface area is 103 Å². The minimum Gasteiger partial charge on any atom is -0.324 e. The van der Waals surface area contributed by atoms with Crippen LogP contribution < -0.4 is 5.73 Å². The SMILES string of the molecule is CC1(C)CC1C(N)c1ccc2ccccc2c1. The summed E-state index contributed by atoms with van der Waals surface area (Å²) in [4.78, 5) is 0. The van der Waals surface area contributed by atoms with Crippen LogP contribution in [0.1, 0.15) is 31.9 Å². The fraction of sp³-hybridized carbons (Fsp3) is 0.375. The highest BCUT2D eigenvalue weighted by atomic mass is 14.7. The molecule has 2 atom stereocenters. The third-order valence-corrected chi connectivity index (χ3v) is 4.18. The lowest BCUT2D eigenvalue weighted by Gasteiger charge is -2.14. The summed E-state index contributed by atoms with van der Waals surface area (Å²) in [6, 6.07) is 15.3. The van der Waals surface area contributed by atoms with Crippen LogP contribution in [-0.4, -0.2) is 0 Å². The largest absolute Gasteiger partial charge is 0.324 e. The Bertz CT molecular complexity index is 556. The molecule has 1 heteroatoms. The first-order chi connectivity index (χ1) is 8.08. The van der Waals surface area contributed by atoms with Gasteiger partial charge in [0.05, 0.1) is 0 Å². The molecule has 0 saturated heterocycles. The Hall–Kier alpha value is -1.34. The maximum absolute atomic E-state index is 6.37. The summed E-state index contributed by atoms with van der Waals surface area (Å²) in [5, 5.41) is 2.58. The van der Waals surface area contributed by atoms with Crippen molar-refractivity contribution in [3.8, 4) is 0 Å². The first kappa shape index (κ1) is 10.8. The van der Waals surface area contributed by atoms with Crippen molar-refractivity contribution in [3.05, 3.63) is 48.0 Å². The van der Waals surface area contributed by atoms with Gasteiger partial charge in [-0.3, -0.25) is 0 Å². The van der Waals surface area contributed by atoms with Crippen molar-refractivity contribution in [1.82, 2.24) is 0 Å². The Balaban J connectivity index is 1.96. The summed E-state index contributed by atoms with van der Waals surface area (Å²) in [7, 11) is 0. The predicted molar refractivity (Wildman–Crippen MR) is 72.8 cm³/mol. The van der Waals surface area contributed by atoms with Crippen LogP contribution in [0.2, 0.25) is 0 Å². The normalized spacial score (nSPS) is 23.6. The van der Waals surface area contributed by atoms with Crippen molar-refractivity contribution in [2.75, 3.05) is 0 Å². The van der Waals surface area contributed by atoms with E-state index in [0.717, 1.165) is 0 Å². The van der Waals surface area contributed by atoms with Gasteiger partial charge < -0.3 is 5.73 Å². The van der Waals surface area contributed by atoms with Crippen LogP contribution in [0.5, 0.6) is 0 Å². The molecule has 1 aliphatic carbocycles. The lowest BCUT2D eigenvalue weighted by atomic mass is 9.96. The van der Waals surface area contributed by atoms with Crippen molar-refractivity contribution < 1.29 is 0 Å². The summed E-state index contributed by atoms with van der Waals surface area (Å²) >= 11 is 0. The van der Waals surface area contributed by atoms with Crippen LogP contribution in [0, 0.1) is 11.3 Å². The van der Waals surface area contributed by atoms with Crippen molar-refractivity contribution >= 4 is 10.8 Å². The minimum atomic E-state index is 0.189. The number of rotatable bonds is 2. The molecule has 2 N–H and O–H groups in total.